The Balaban J connectivity index is 1.35. The number of hydrogen-bond donors (Lipinski definition) is 2. The molecular weight excluding hydrogens is 450 g/mol. The van der Waals surface area contributed by atoms with Crippen molar-refractivity contribution in [1.29, 1.82) is 0 Å². The van der Waals surface area contributed by atoms with E-state index in [9.17, 15) is 19.0 Å². The molecule has 1 aromatic heterocycles. The largest absolute Gasteiger partial charge is 0.497 e. The summed E-state index contributed by atoms with van der Waals surface area (Å²) in [4.78, 5) is 6.51. The van der Waals surface area contributed by atoms with Crippen molar-refractivity contribution in [3.63, 3.8) is 0 Å². The van der Waals surface area contributed by atoms with Crippen LogP contribution < -0.4 is 4.74 Å². The molecule has 0 aliphatic carbocycles. The average Bonchev–Trinajstić information content (AvgIpc) is 2.89. The molecular formula is C28H30F2N2O3. The summed E-state index contributed by atoms with van der Waals surface area (Å²) in [5.41, 5.74) is 1.68. The Hall–Kier alpha value is -3.05. The molecule has 0 bridgehead atoms. The summed E-state index contributed by atoms with van der Waals surface area (Å²) in [7, 11) is 1.61. The Morgan fingerprint density at radius 3 is 2.86 bits per heavy atom. The number of fused-ring (bicyclic) bond motifs is 1. The number of piperidine rings is 1. The van der Waals surface area contributed by atoms with Crippen molar-refractivity contribution in [2.75, 3.05) is 33.4 Å². The number of aliphatic hydroxyl groups excluding tert-OH is 2. The summed E-state index contributed by atoms with van der Waals surface area (Å²) in [6.07, 6.45) is 3.31. The summed E-state index contributed by atoms with van der Waals surface area (Å²) in [5.74, 6) is 4.87. The SMILES string of the molecule is COc1ccc2nccc(C(O)CC[C@@H]3CCN(CC#Cc4cccc(F)c4F)C[C@@H]3CO)c2c1. The fourth-order valence-electron chi connectivity index (χ4n) is 4.83. The molecule has 3 aromatic rings. The molecule has 0 amide bonds. The van der Waals surface area contributed by atoms with E-state index in [1.807, 2.05) is 24.3 Å². The second-order valence-corrected chi connectivity index (χ2v) is 9.01. The Labute approximate surface area is 204 Å². The van der Waals surface area contributed by atoms with Gasteiger partial charge in [0.05, 0.1) is 30.8 Å². The fourth-order valence-corrected chi connectivity index (χ4v) is 4.83. The van der Waals surface area contributed by atoms with Gasteiger partial charge >= 0.3 is 0 Å². The van der Waals surface area contributed by atoms with Gasteiger partial charge in [-0.15, -0.1) is 0 Å². The first-order valence-corrected chi connectivity index (χ1v) is 11.9. The average molecular weight is 481 g/mol. The molecule has 1 aliphatic heterocycles. The molecule has 7 heteroatoms. The van der Waals surface area contributed by atoms with Crippen molar-refractivity contribution in [2.24, 2.45) is 11.8 Å². The first-order valence-electron chi connectivity index (χ1n) is 11.9. The molecule has 0 radical (unpaired) electrons. The van der Waals surface area contributed by atoms with Gasteiger partial charge in [-0.2, -0.15) is 0 Å². The number of benzene rings is 2. The van der Waals surface area contributed by atoms with Gasteiger partial charge in [0.2, 0.25) is 0 Å². The monoisotopic (exact) mass is 480 g/mol. The van der Waals surface area contributed by atoms with E-state index in [1.165, 1.54) is 12.1 Å². The molecule has 0 saturated carbocycles. The first kappa shape index (κ1) is 25.1. The summed E-state index contributed by atoms with van der Waals surface area (Å²) in [5, 5.41) is 21.8. The van der Waals surface area contributed by atoms with E-state index in [1.54, 1.807) is 13.3 Å². The molecule has 1 aliphatic rings. The predicted molar refractivity (Wildman–Crippen MR) is 131 cm³/mol. The van der Waals surface area contributed by atoms with E-state index in [0.717, 1.165) is 47.7 Å². The third-order valence-electron chi connectivity index (χ3n) is 6.84. The molecule has 1 unspecified atom stereocenters. The van der Waals surface area contributed by atoms with Crippen LogP contribution in [0.3, 0.4) is 0 Å². The number of halogens is 2. The van der Waals surface area contributed by atoms with Crippen molar-refractivity contribution < 1.29 is 23.7 Å². The lowest BCUT2D eigenvalue weighted by molar-refractivity contribution is 0.0640. The van der Waals surface area contributed by atoms with Crippen molar-refractivity contribution in [2.45, 2.75) is 25.4 Å². The van der Waals surface area contributed by atoms with E-state index in [2.05, 4.69) is 21.7 Å². The van der Waals surface area contributed by atoms with Crippen molar-refractivity contribution >= 4 is 10.9 Å². The highest BCUT2D eigenvalue weighted by molar-refractivity contribution is 5.83. The van der Waals surface area contributed by atoms with Gasteiger partial charge in [0.15, 0.2) is 11.6 Å². The maximum Gasteiger partial charge on any atom is 0.174 e. The number of methoxy groups -OCH3 is 1. The summed E-state index contributed by atoms with van der Waals surface area (Å²) < 4.78 is 32.4. The van der Waals surface area contributed by atoms with Gasteiger partial charge in [0, 0.05) is 24.7 Å². The van der Waals surface area contributed by atoms with E-state index >= 15 is 0 Å². The molecule has 2 N–H and O–H groups in total. The van der Waals surface area contributed by atoms with Crippen LogP contribution in [-0.2, 0) is 0 Å². The molecule has 1 saturated heterocycles. The summed E-state index contributed by atoms with van der Waals surface area (Å²) >= 11 is 0. The standard InChI is InChI=1S/C28H30F2N2O3/c1-35-22-8-9-26-24(16-22)23(11-13-31-26)27(34)10-7-19-12-15-32(17-21(19)18-33)14-3-5-20-4-2-6-25(29)28(20)30/h2,4,6,8-9,11,13,16,19,21,27,33-34H,7,10,12,14-15,17-18H2,1H3/t19-,21-,27?/m1/s1. The van der Waals surface area contributed by atoms with Gasteiger partial charge in [0.25, 0.3) is 0 Å². The minimum Gasteiger partial charge on any atom is -0.497 e. The molecule has 2 heterocycles. The van der Waals surface area contributed by atoms with E-state index in [4.69, 9.17) is 4.74 Å². The lowest BCUT2D eigenvalue weighted by Crippen LogP contribution is -2.42. The maximum absolute atomic E-state index is 13.8. The number of ether oxygens (including phenoxy) is 1. The van der Waals surface area contributed by atoms with E-state index in [-0.39, 0.29) is 24.0 Å². The second-order valence-electron chi connectivity index (χ2n) is 9.01. The molecule has 35 heavy (non-hydrogen) atoms. The van der Waals surface area contributed by atoms with Gasteiger partial charge in [0.1, 0.15) is 5.75 Å². The van der Waals surface area contributed by atoms with E-state index < -0.39 is 17.7 Å². The number of hydrogen-bond acceptors (Lipinski definition) is 5. The highest BCUT2D eigenvalue weighted by Gasteiger charge is 2.29. The lowest BCUT2D eigenvalue weighted by atomic mass is 9.81. The summed E-state index contributed by atoms with van der Waals surface area (Å²) in [6, 6.07) is 11.4. The highest BCUT2D eigenvalue weighted by Crippen LogP contribution is 2.33. The lowest BCUT2D eigenvalue weighted by Gasteiger charge is -2.37. The van der Waals surface area contributed by atoms with Crippen LogP contribution in [0, 0.1) is 35.3 Å². The van der Waals surface area contributed by atoms with Gasteiger partial charge in [-0.05, 0) is 79.6 Å². The van der Waals surface area contributed by atoms with Crippen LogP contribution in [0.4, 0.5) is 8.78 Å². The minimum absolute atomic E-state index is 0.0498. The topological polar surface area (TPSA) is 65.8 Å². The Bertz CT molecular complexity index is 1220. The van der Waals surface area contributed by atoms with Crippen LogP contribution in [0.15, 0.2) is 48.7 Å². The van der Waals surface area contributed by atoms with Crippen LogP contribution >= 0.6 is 0 Å². The number of likely N-dealkylation sites (tertiary alicyclic amines) is 1. The van der Waals surface area contributed by atoms with Gasteiger partial charge in [-0.3, -0.25) is 9.88 Å². The van der Waals surface area contributed by atoms with Gasteiger partial charge in [-0.1, -0.05) is 17.9 Å². The Morgan fingerprint density at radius 2 is 2.06 bits per heavy atom. The number of pyridine rings is 1. The number of aromatic nitrogens is 1. The molecule has 184 valence electrons. The van der Waals surface area contributed by atoms with Crippen LogP contribution in [0.1, 0.15) is 36.5 Å². The van der Waals surface area contributed by atoms with Crippen molar-refractivity contribution in [1.82, 2.24) is 9.88 Å². The van der Waals surface area contributed by atoms with Crippen LogP contribution in [0.5, 0.6) is 5.75 Å². The third-order valence-corrected chi connectivity index (χ3v) is 6.84. The molecule has 4 rings (SSSR count). The second kappa shape index (κ2) is 11.6. The smallest absolute Gasteiger partial charge is 0.174 e. The molecule has 5 nitrogen and oxygen atoms in total. The Morgan fingerprint density at radius 1 is 1.20 bits per heavy atom. The van der Waals surface area contributed by atoms with Gasteiger partial charge in [-0.25, -0.2) is 8.78 Å². The molecule has 3 atom stereocenters. The molecule has 2 aromatic carbocycles. The zero-order chi connectivity index (χ0) is 24.8. The van der Waals surface area contributed by atoms with Gasteiger partial charge < -0.3 is 14.9 Å². The zero-order valence-electron chi connectivity index (χ0n) is 19.8. The minimum atomic E-state index is -0.925. The number of rotatable bonds is 7. The van der Waals surface area contributed by atoms with Crippen LogP contribution in [0.25, 0.3) is 10.9 Å². The van der Waals surface area contributed by atoms with Crippen molar-refractivity contribution in [3.8, 4) is 17.6 Å². The number of nitrogens with zero attached hydrogens (tertiary/aromatic N) is 2. The quantitative estimate of drug-likeness (QED) is 0.493. The zero-order valence-corrected chi connectivity index (χ0v) is 19.8. The maximum atomic E-state index is 13.8. The highest BCUT2D eigenvalue weighted by atomic mass is 19.2. The summed E-state index contributed by atoms with van der Waals surface area (Å²) in [6.45, 7) is 1.95. The molecule has 0 spiro atoms. The predicted octanol–water partition coefficient (Wildman–Crippen LogP) is 4.32. The van der Waals surface area contributed by atoms with Crippen LogP contribution in [0.2, 0.25) is 0 Å². The Kier molecular flexibility index (Phi) is 8.29. The van der Waals surface area contributed by atoms with E-state index in [0.29, 0.717) is 19.5 Å². The normalized spacial score (nSPS) is 19.2. The molecule has 1 fully saturated rings. The fraction of sp³-hybridized carbons (Fsp3) is 0.393. The van der Waals surface area contributed by atoms with Crippen molar-refractivity contribution in [3.05, 3.63) is 71.4 Å². The third kappa shape index (κ3) is 5.96. The van der Waals surface area contributed by atoms with Crippen LogP contribution in [-0.4, -0.2) is 53.4 Å². The number of aliphatic hydroxyl groups is 2. The first-order chi connectivity index (χ1) is 17.0.